The van der Waals surface area contributed by atoms with Crippen molar-refractivity contribution in [2.45, 2.75) is 32.8 Å². The maximum absolute atomic E-state index is 9.42. The molecule has 2 N–H and O–H groups in total. The van der Waals surface area contributed by atoms with Gasteiger partial charge in [-0.3, -0.25) is 0 Å². The van der Waals surface area contributed by atoms with Crippen LogP contribution in [0.4, 0.5) is 0 Å². The van der Waals surface area contributed by atoms with Gasteiger partial charge in [-0.05, 0) is 13.3 Å². The van der Waals surface area contributed by atoms with Crippen LogP contribution >= 0.6 is 0 Å². The standard InChI is InChI=1S/C7H17NO2/c1-4-7(3,9)6-8(10)5-2/h9-10H,4-6H2,1-3H3. The minimum atomic E-state index is -0.759. The summed E-state index contributed by atoms with van der Waals surface area (Å²) in [5, 5.41) is 19.5. The van der Waals surface area contributed by atoms with E-state index in [1.165, 1.54) is 0 Å². The highest BCUT2D eigenvalue weighted by molar-refractivity contribution is 4.71. The van der Waals surface area contributed by atoms with Crippen LogP contribution in [0.5, 0.6) is 0 Å². The third kappa shape index (κ3) is 3.82. The summed E-state index contributed by atoms with van der Waals surface area (Å²) in [7, 11) is 0. The fourth-order valence-electron chi connectivity index (χ4n) is 0.617. The molecule has 3 nitrogen and oxygen atoms in total. The molecule has 0 aromatic rings. The highest BCUT2D eigenvalue weighted by Gasteiger charge is 2.19. The first-order valence-corrected chi connectivity index (χ1v) is 3.68. The Kier molecular flexibility index (Phi) is 3.86. The molecule has 0 aliphatic heterocycles. The molecule has 0 rings (SSSR count). The molecule has 0 aromatic heterocycles. The van der Waals surface area contributed by atoms with E-state index in [1.54, 1.807) is 6.92 Å². The first kappa shape index (κ1) is 9.88. The topological polar surface area (TPSA) is 43.7 Å². The van der Waals surface area contributed by atoms with Gasteiger partial charge in [-0.15, -0.1) is 0 Å². The average Bonchev–Trinajstić information content (AvgIpc) is 1.87. The Morgan fingerprint density at radius 2 is 1.90 bits per heavy atom. The molecule has 62 valence electrons. The predicted octanol–water partition coefficient (Wildman–Crippen LogP) is 0.858. The predicted molar refractivity (Wildman–Crippen MR) is 39.9 cm³/mol. The van der Waals surface area contributed by atoms with Crippen molar-refractivity contribution in [1.29, 1.82) is 0 Å². The molecular weight excluding hydrogens is 130 g/mol. The lowest BCUT2D eigenvalue weighted by molar-refractivity contribution is -0.133. The molecule has 3 heteroatoms. The number of rotatable bonds is 4. The van der Waals surface area contributed by atoms with Crippen molar-refractivity contribution in [3.05, 3.63) is 0 Å². The zero-order valence-electron chi connectivity index (χ0n) is 6.96. The highest BCUT2D eigenvalue weighted by atomic mass is 16.5. The number of hydrogen-bond acceptors (Lipinski definition) is 3. The molecule has 0 bridgehead atoms. The molecule has 0 aromatic carbocycles. The van der Waals surface area contributed by atoms with Gasteiger partial charge in [0.15, 0.2) is 0 Å². The van der Waals surface area contributed by atoms with E-state index in [2.05, 4.69) is 0 Å². The van der Waals surface area contributed by atoms with Crippen LogP contribution in [-0.2, 0) is 0 Å². The second-order valence-corrected chi connectivity index (χ2v) is 2.83. The highest BCUT2D eigenvalue weighted by Crippen LogP contribution is 2.08. The molecule has 0 aliphatic carbocycles. The number of likely N-dealkylation sites (N-methyl/N-ethyl adjacent to an activating group) is 1. The molecule has 0 saturated carbocycles. The summed E-state index contributed by atoms with van der Waals surface area (Å²) in [4.78, 5) is 0. The SMILES string of the molecule is CCN(O)CC(C)(O)CC. The van der Waals surface area contributed by atoms with Crippen molar-refractivity contribution >= 4 is 0 Å². The molecule has 0 radical (unpaired) electrons. The zero-order valence-corrected chi connectivity index (χ0v) is 6.96. The molecule has 10 heavy (non-hydrogen) atoms. The lowest BCUT2D eigenvalue weighted by Gasteiger charge is -2.25. The van der Waals surface area contributed by atoms with Crippen LogP contribution in [0.3, 0.4) is 0 Å². The summed E-state index contributed by atoms with van der Waals surface area (Å²) in [6.07, 6.45) is 0.657. The van der Waals surface area contributed by atoms with Crippen LogP contribution in [0.15, 0.2) is 0 Å². The minimum absolute atomic E-state index is 0.319. The Morgan fingerprint density at radius 3 is 2.20 bits per heavy atom. The Balaban J connectivity index is 3.64. The van der Waals surface area contributed by atoms with Crippen molar-refractivity contribution in [1.82, 2.24) is 5.06 Å². The Morgan fingerprint density at radius 1 is 1.40 bits per heavy atom. The Hall–Kier alpha value is -0.120. The third-order valence-electron chi connectivity index (χ3n) is 1.65. The van der Waals surface area contributed by atoms with E-state index in [0.717, 1.165) is 5.06 Å². The normalized spacial score (nSPS) is 17.4. The van der Waals surface area contributed by atoms with Gasteiger partial charge in [0, 0.05) is 6.54 Å². The first-order valence-electron chi connectivity index (χ1n) is 3.68. The van der Waals surface area contributed by atoms with Crippen LogP contribution in [0.2, 0.25) is 0 Å². The number of aliphatic hydroxyl groups is 1. The monoisotopic (exact) mass is 147 g/mol. The molecule has 0 fully saturated rings. The summed E-state index contributed by atoms with van der Waals surface area (Å²) in [5.74, 6) is 0. The molecule has 0 saturated heterocycles. The molecule has 0 spiro atoms. The van der Waals surface area contributed by atoms with E-state index < -0.39 is 5.60 Å². The summed E-state index contributed by atoms with van der Waals surface area (Å²) >= 11 is 0. The van der Waals surface area contributed by atoms with Gasteiger partial charge in [0.05, 0.1) is 12.1 Å². The van der Waals surface area contributed by atoms with Crippen molar-refractivity contribution in [3.8, 4) is 0 Å². The van der Waals surface area contributed by atoms with Crippen molar-refractivity contribution in [3.63, 3.8) is 0 Å². The second-order valence-electron chi connectivity index (χ2n) is 2.83. The molecule has 1 atom stereocenters. The fourth-order valence-corrected chi connectivity index (χ4v) is 0.617. The summed E-state index contributed by atoms with van der Waals surface area (Å²) in [6.45, 7) is 6.32. The Bertz CT molecular complexity index is 93.6. The molecule has 0 aliphatic rings. The van der Waals surface area contributed by atoms with Gasteiger partial charge in [-0.25, -0.2) is 0 Å². The van der Waals surface area contributed by atoms with Crippen LogP contribution in [-0.4, -0.2) is 34.1 Å². The van der Waals surface area contributed by atoms with Gasteiger partial charge < -0.3 is 10.3 Å². The number of hydrogen-bond donors (Lipinski definition) is 2. The second kappa shape index (κ2) is 3.91. The summed E-state index contributed by atoms with van der Waals surface area (Å²) < 4.78 is 0. The Labute approximate surface area is 62.2 Å². The van der Waals surface area contributed by atoms with E-state index in [0.29, 0.717) is 19.5 Å². The fraction of sp³-hybridized carbons (Fsp3) is 1.00. The van der Waals surface area contributed by atoms with Crippen LogP contribution in [0, 0.1) is 0 Å². The van der Waals surface area contributed by atoms with Gasteiger partial charge in [0.25, 0.3) is 0 Å². The molecule has 1 unspecified atom stereocenters. The average molecular weight is 147 g/mol. The maximum Gasteiger partial charge on any atom is 0.0766 e. The molecule has 0 heterocycles. The van der Waals surface area contributed by atoms with Crippen LogP contribution < -0.4 is 0 Å². The number of nitrogens with zero attached hydrogens (tertiary/aromatic N) is 1. The van der Waals surface area contributed by atoms with Crippen LogP contribution in [0.1, 0.15) is 27.2 Å². The van der Waals surface area contributed by atoms with E-state index in [9.17, 15) is 5.11 Å². The van der Waals surface area contributed by atoms with Crippen molar-refractivity contribution in [2.24, 2.45) is 0 Å². The van der Waals surface area contributed by atoms with Crippen LogP contribution in [0.25, 0.3) is 0 Å². The summed E-state index contributed by atoms with van der Waals surface area (Å²) in [6, 6.07) is 0. The lowest BCUT2D eigenvalue weighted by Crippen LogP contribution is -2.38. The van der Waals surface area contributed by atoms with Gasteiger partial charge in [0.2, 0.25) is 0 Å². The lowest BCUT2D eigenvalue weighted by atomic mass is 10.0. The summed E-state index contributed by atoms with van der Waals surface area (Å²) in [5.41, 5.74) is -0.759. The van der Waals surface area contributed by atoms with Crippen molar-refractivity contribution in [2.75, 3.05) is 13.1 Å². The third-order valence-corrected chi connectivity index (χ3v) is 1.65. The quantitative estimate of drug-likeness (QED) is 0.580. The molecular formula is C7H17NO2. The first-order chi connectivity index (χ1) is 4.52. The van der Waals surface area contributed by atoms with Gasteiger partial charge in [0.1, 0.15) is 0 Å². The minimum Gasteiger partial charge on any atom is -0.389 e. The van der Waals surface area contributed by atoms with E-state index in [1.807, 2.05) is 13.8 Å². The molecule has 0 amide bonds. The van der Waals surface area contributed by atoms with Gasteiger partial charge in [-0.1, -0.05) is 13.8 Å². The van der Waals surface area contributed by atoms with E-state index in [-0.39, 0.29) is 0 Å². The van der Waals surface area contributed by atoms with Crippen molar-refractivity contribution < 1.29 is 10.3 Å². The largest absolute Gasteiger partial charge is 0.389 e. The van der Waals surface area contributed by atoms with Gasteiger partial charge >= 0.3 is 0 Å². The smallest absolute Gasteiger partial charge is 0.0766 e. The maximum atomic E-state index is 9.42. The van der Waals surface area contributed by atoms with E-state index in [4.69, 9.17) is 5.21 Å². The van der Waals surface area contributed by atoms with E-state index >= 15 is 0 Å². The number of hydroxylamine groups is 2. The zero-order chi connectivity index (χ0) is 8.20. The van der Waals surface area contributed by atoms with Gasteiger partial charge in [-0.2, -0.15) is 5.06 Å².